The van der Waals surface area contributed by atoms with Crippen molar-refractivity contribution in [2.75, 3.05) is 0 Å². The number of aliphatic carboxylic acids is 1. The van der Waals surface area contributed by atoms with Crippen molar-refractivity contribution in [3.05, 3.63) is 0 Å². The summed E-state index contributed by atoms with van der Waals surface area (Å²) < 4.78 is 0. The van der Waals surface area contributed by atoms with Gasteiger partial charge in [0.25, 0.3) is 0 Å². The summed E-state index contributed by atoms with van der Waals surface area (Å²) in [6.07, 6.45) is 7.95. The lowest BCUT2D eigenvalue weighted by atomic mass is 9.48. The topological polar surface area (TPSA) is 37.3 Å². The molecule has 2 atom stereocenters. The molecule has 2 bridgehead atoms. The molecule has 1 N–H and O–H groups in total. The predicted octanol–water partition coefficient (Wildman–Crippen LogP) is 3.70. The minimum atomic E-state index is -0.511. The zero-order valence-electron chi connectivity index (χ0n) is 10.5. The molecule has 3 rings (SSSR count). The molecule has 3 fully saturated rings. The first-order valence-electron chi connectivity index (χ1n) is 6.90. The van der Waals surface area contributed by atoms with Gasteiger partial charge in [-0.3, -0.25) is 4.79 Å². The van der Waals surface area contributed by atoms with E-state index in [0.29, 0.717) is 17.8 Å². The molecule has 0 aromatic rings. The molecule has 2 heteroatoms. The summed E-state index contributed by atoms with van der Waals surface area (Å²) >= 11 is 0. The van der Waals surface area contributed by atoms with Crippen molar-refractivity contribution < 1.29 is 9.90 Å². The molecule has 3 aliphatic carbocycles. The maximum Gasteiger partial charge on any atom is 0.310 e. The zero-order valence-corrected chi connectivity index (χ0v) is 10.5. The molecule has 3 aliphatic rings. The zero-order chi connectivity index (χ0) is 11.8. The molecule has 2 unspecified atom stereocenters. The molecule has 0 aromatic heterocycles. The minimum absolute atomic E-state index is 0.378. The van der Waals surface area contributed by atoms with E-state index < -0.39 is 5.97 Å². The molecule has 0 amide bonds. The van der Waals surface area contributed by atoms with Crippen molar-refractivity contribution in [2.24, 2.45) is 23.2 Å². The summed E-state index contributed by atoms with van der Waals surface area (Å²) in [4.78, 5) is 11.8. The molecule has 2 nitrogen and oxygen atoms in total. The second-order valence-corrected chi connectivity index (χ2v) is 5.71. The number of hydrogen-bond acceptors (Lipinski definition) is 1. The van der Waals surface area contributed by atoms with Crippen molar-refractivity contribution in [3.63, 3.8) is 0 Å². The Bertz CT molecular complexity index is 266. The van der Waals surface area contributed by atoms with Crippen molar-refractivity contribution in [3.8, 4) is 0 Å². The normalized spacial score (nSPS) is 42.2. The van der Waals surface area contributed by atoms with Crippen LogP contribution in [0.1, 0.15) is 58.8 Å². The Labute approximate surface area is 98.4 Å². The van der Waals surface area contributed by atoms with Crippen LogP contribution >= 0.6 is 0 Å². The van der Waals surface area contributed by atoms with Crippen molar-refractivity contribution >= 4 is 5.97 Å². The van der Waals surface area contributed by atoms with Crippen LogP contribution in [0.3, 0.4) is 0 Å². The van der Waals surface area contributed by atoms with Gasteiger partial charge in [0.1, 0.15) is 0 Å². The van der Waals surface area contributed by atoms with Crippen LogP contribution in [0.15, 0.2) is 0 Å². The lowest BCUT2D eigenvalue weighted by Gasteiger charge is -2.55. The highest BCUT2D eigenvalue weighted by Gasteiger charge is 2.57. The van der Waals surface area contributed by atoms with Gasteiger partial charge >= 0.3 is 5.97 Å². The molecule has 0 saturated heterocycles. The Balaban J connectivity index is 2.33. The molecule has 3 saturated carbocycles. The number of carboxylic acid groups (broad SMARTS) is 1. The van der Waals surface area contributed by atoms with E-state index in [2.05, 4.69) is 13.8 Å². The largest absolute Gasteiger partial charge is 0.481 e. The first kappa shape index (κ1) is 11.9. The first-order chi connectivity index (χ1) is 7.66. The van der Waals surface area contributed by atoms with E-state index in [-0.39, 0.29) is 5.41 Å². The Hall–Kier alpha value is -0.530. The van der Waals surface area contributed by atoms with E-state index in [1.54, 1.807) is 0 Å². The van der Waals surface area contributed by atoms with E-state index in [0.717, 1.165) is 32.1 Å². The van der Waals surface area contributed by atoms with Gasteiger partial charge in [0.2, 0.25) is 0 Å². The Morgan fingerprint density at radius 1 is 1.25 bits per heavy atom. The number of carbonyl (C=O) groups is 1. The average Bonchev–Trinajstić information content (AvgIpc) is 2.31. The van der Waals surface area contributed by atoms with Gasteiger partial charge in [0.05, 0.1) is 5.41 Å². The molecular weight excluding hydrogens is 200 g/mol. The highest BCUT2D eigenvalue weighted by Crippen LogP contribution is 2.59. The average molecular weight is 224 g/mol. The summed E-state index contributed by atoms with van der Waals surface area (Å²) in [5.41, 5.74) is -0.378. The molecule has 0 heterocycles. The summed E-state index contributed by atoms with van der Waals surface area (Å²) in [6, 6.07) is 0. The monoisotopic (exact) mass is 224 g/mol. The highest BCUT2D eigenvalue weighted by atomic mass is 16.4. The van der Waals surface area contributed by atoms with Crippen LogP contribution in [0, 0.1) is 23.2 Å². The van der Waals surface area contributed by atoms with Gasteiger partial charge in [-0.1, -0.05) is 20.3 Å². The first-order valence-corrected chi connectivity index (χ1v) is 6.90. The standard InChI is InChI=1S/C14H24O2/c1-3-5-12-10-6-8-11(9-7-10)14(12,4-2)13(15)16/h10-12H,3-9H2,1-2H3,(H,15,16). The molecule has 0 spiro atoms. The Morgan fingerprint density at radius 3 is 2.31 bits per heavy atom. The van der Waals surface area contributed by atoms with Crippen molar-refractivity contribution in [1.29, 1.82) is 0 Å². The van der Waals surface area contributed by atoms with E-state index >= 15 is 0 Å². The van der Waals surface area contributed by atoms with Gasteiger partial charge in [-0.25, -0.2) is 0 Å². The fourth-order valence-corrected chi connectivity index (χ4v) is 4.60. The Kier molecular flexibility index (Phi) is 3.27. The summed E-state index contributed by atoms with van der Waals surface area (Å²) in [6.45, 7) is 4.27. The third-order valence-corrected chi connectivity index (χ3v) is 5.31. The van der Waals surface area contributed by atoms with E-state index in [1.807, 2.05) is 0 Å². The van der Waals surface area contributed by atoms with Gasteiger partial charge in [-0.2, -0.15) is 0 Å². The van der Waals surface area contributed by atoms with E-state index in [9.17, 15) is 9.90 Å². The van der Waals surface area contributed by atoms with Gasteiger partial charge in [-0.15, -0.1) is 0 Å². The highest BCUT2D eigenvalue weighted by molar-refractivity contribution is 5.76. The quantitative estimate of drug-likeness (QED) is 0.790. The lowest BCUT2D eigenvalue weighted by molar-refractivity contribution is -0.172. The number of hydrogen-bond donors (Lipinski definition) is 1. The molecule has 92 valence electrons. The third kappa shape index (κ3) is 1.49. The van der Waals surface area contributed by atoms with Gasteiger partial charge in [0.15, 0.2) is 0 Å². The molecule has 16 heavy (non-hydrogen) atoms. The van der Waals surface area contributed by atoms with Crippen LogP contribution in [-0.4, -0.2) is 11.1 Å². The summed E-state index contributed by atoms with van der Waals surface area (Å²) in [7, 11) is 0. The molecule has 0 radical (unpaired) electrons. The second kappa shape index (κ2) is 4.38. The predicted molar refractivity (Wildman–Crippen MR) is 64.2 cm³/mol. The SMILES string of the molecule is CCCC1C2CCC(CC2)C1(CC)C(=O)O. The Morgan fingerprint density at radius 2 is 1.88 bits per heavy atom. The second-order valence-electron chi connectivity index (χ2n) is 5.71. The number of rotatable bonds is 4. The molecule has 0 aromatic carbocycles. The fourth-order valence-electron chi connectivity index (χ4n) is 4.60. The summed E-state index contributed by atoms with van der Waals surface area (Å²) in [5.74, 6) is 1.09. The minimum Gasteiger partial charge on any atom is -0.481 e. The molecular formula is C14H24O2. The third-order valence-electron chi connectivity index (χ3n) is 5.31. The van der Waals surface area contributed by atoms with Crippen LogP contribution in [-0.2, 0) is 4.79 Å². The number of carboxylic acids is 1. The van der Waals surface area contributed by atoms with Crippen LogP contribution in [0.2, 0.25) is 0 Å². The summed E-state index contributed by atoms with van der Waals surface area (Å²) in [5, 5.41) is 9.71. The molecule has 0 aliphatic heterocycles. The van der Waals surface area contributed by atoms with E-state index in [1.165, 1.54) is 12.8 Å². The van der Waals surface area contributed by atoms with Gasteiger partial charge in [-0.05, 0) is 56.3 Å². The van der Waals surface area contributed by atoms with Crippen LogP contribution in [0.25, 0.3) is 0 Å². The van der Waals surface area contributed by atoms with Crippen molar-refractivity contribution in [2.45, 2.75) is 58.8 Å². The van der Waals surface area contributed by atoms with Gasteiger partial charge in [0, 0.05) is 0 Å². The van der Waals surface area contributed by atoms with Crippen LogP contribution in [0.4, 0.5) is 0 Å². The lowest BCUT2D eigenvalue weighted by Crippen LogP contribution is -2.53. The van der Waals surface area contributed by atoms with Gasteiger partial charge < -0.3 is 5.11 Å². The number of fused-ring (bicyclic) bond motifs is 3. The van der Waals surface area contributed by atoms with E-state index in [4.69, 9.17) is 0 Å². The fraction of sp³-hybridized carbons (Fsp3) is 0.929. The maximum atomic E-state index is 11.8. The van der Waals surface area contributed by atoms with Crippen LogP contribution < -0.4 is 0 Å². The maximum absolute atomic E-state index is 11.8. The van der Waals surface area contributed by atoms with Crippen molar-refractivity contribution in [1.82, 2.24) is 0 Å². The smallest absolute Gasteiger partial charge is 0.310 e. The van der Waals surface area contributed by atoms with Crippen LogP contribution in [0.5, 0.6) is 0 Å².